The number of amides is 1. The number of carbonyl (C=O) groups is 1. The second-order valence-electron chi connectivity index (χ2n) is 4.82. The van der Waals surface area contributed by atoms with Crippen molar-refractivity contribution in [1.82, 2.24) is 5.32 Å². The standard InChI is InChI=1S/C13H20N2OS2/c1-8-11(14)7-12(18-8)13(16)15-9-4-3-5-10(6-9)17-2/h7,9-10H,3-6,14H2,1-2H3,(H,15,16). The molecule has 0 saturated heterocycles. The molecule has 3 nitrogen and oxygen atoms in total. The van der Waals surface area contributed by atoms with Gasteiger partial charge in [0.1, 0.15) is 0 Å². The van der Waals surface area contributed by atoms with Crippen molar-refractivity contribution in [3.05, 3.63) is 15.8 Å². The van der Waals surface area contributed by atoms with Crippen LogP contribution in [0.4, 0.5) is 5.69 Å². The molecule has 1 heterocycles. The summed E-state index contributed by atoms with van der Waals surface area (Å²) >= 11 is 3.39. The fourth-order valence-electron chi connectivity index (χ4n) is 2.35. The zero-order chi connectivity index (χ0) is 13.1. The Morgan fingerprint density at radius 2 is 2.33 bits per heavy atom. The second kappa shape index (κ2) is 5.97. The van der Waals surface area contributed by atoms with E-state index in [-0.39, 0.29) is 5.91 Å². The van der Waals surface area contributed by atoms with Crippen molar-refractivity contribution in [2.24, 2.45) is 0 Å². The average Bonchev–Trinajstić information content (AvgIpc) is 2.70. The van der Waals surface area contributed by atoms with Crippen molar-refractivity contribution >= 4 is 34.7 Å². The van der Waals surface area contributed by atoms with E-state index in [4.69, 9.17) is 5.73 Å². The molecule has 1 amide bonds. The monoisotopic (exact) mass is 284 g/mol. The lowest BCUT2D eigenvalue weighted by molar-refractivity contribution is 0.0932. The van der Waals surface area contributed by atoms with Gasteiger partial charge in [-0.15, -0.1) is 11.3 Å². The molecular weight excluding hydrogens is 264 g/mol. The lowest BCUT2D eigenvalue weighted by Crippen LogP contribution is -2.38. The second-order valence-corrected chi connectivity index (χ2v) is 7.21. The first-order valence-electron chi connectivity index (χ1n) is 6.29. The minimum absolute atomic E-state index is 0.0338. The van der Waals surface area contributed by atoms with Crippen molar-refractivity contribution in [3.8, 4) is 0 Å². The molecule has 0 aromatic carbocycles. The Bertz CT molecular complexity index is 411. The quantitative estimate of drug-likeness (QED) is 0.897. The van der Waals surface area contributed by atoms with Crippen molar-refractivity contribution in [3.63, 3.8) is 0 Å². The van der Waals surface area contributed by atoms with Gasteiger partial charge in [0.15, 0.2) is 0 Å². The molecule has 2 rings (SSSR count). The van der Waals surface area contributed by atoms with Gasteiger partial charge in [0, 0.05) is 21.9 Å². The zero-order valence-electron chi connectivity index (χ0n) is 10.9. The van der Waals surface area contributed by atoms with Crippen LogP contribution in [-0.2, 0) is 0 Å². The first-order valence-corrected chi connectivity index (χ1v) is 8.40. The number of nitrogens with one attached hydrogen (secondary N) is 1. The van der Waals surface area contributed by atoms with E-state index in [1.165, 1.54) is 24.2 Å². The van der Waals surface area contributed by atoms with Gasteiger partial charge >= 0.3 is 0 Å². The van der Waals surface area contributed by atoms with Gasteiger partial charge in [-0.1, -0.05) is 6.42 Å². The Balaban J connectivity index is 1.94. The molecule has 0 aliphatic heterocycles. The number of nitrogen functional groups attached to an aromatic ring is 1. The molecule has 3 N–H and O–H groups in total. The van der Waals surface area contributed by atoms with Gasteiger partial charge in [-0.05, 0) is 38.5 Å². The minimum atomic E-state index is 0.0338. The number of rotatable bonds is 3. The molecule has 1 aliphatic carbocycles. The van der Waals surface area contributed by atoms with Crippen LogP contribution in [0, 0.1) is 6.92 Å². The summed E-state index contributed by atoms with van der Waals surface area (Å²) in [6, 6.07) is 2.11. The highest BCUT2D eigenvalue weighted by Crippen LogP contribution is 2.28. The van der Waals surface area contributed by atoms with E-state index >= 15 is 0 Å². The van der Waals surface area contributed by atoms with Crippen LogP contribution in [0.2, 0.25) is 0 Å². The first-order chi connectivity index (χ1) is 8.60. The third-order valence-electron chi connectivity index (χ3n) is 3.47. The summed E-state index contributed by atoms with van der Waals surface area (Å²) in [6.07, 6.45) is 6.83. The average molecular weight is 284 g/mol. The summed E-state index contributed by atoms with van der Waals surface area (Å²) in [6.45, 7) is 1.95. The number of aryl methyl sites for hydroxylation is 1. The normalized spacial score (nSPS) is 23.9. The molecule has 2 atom stereocenters. The largest absolute Gasteiger partial charge is 0.398 e. The lowest BCUT2D eigenvalue weighted by atomic mass is 9.95. The number of carbonyl (C=O) groups excluding carboxylic acids is 1. The van der Waals surface area contributed by atoms with E-state index in [2.05, 4.69) is 11.6 Å². The van der Waals surface area contributed by atoms with Crippen LogP contribution in [-0.4, -0.2) is 23.5 Å². The summed E-state index contributed by atoms with van der Waals surface area (Å²) < 4.78 is 0. The fourth-order valence-corrected chi connectivity index (χ4v) is 4.03. The van der Waals surface area contributed by atoms with Gasteiger partial charge in [-0.25, -0.2) is 0 Å². The van der Waals surface area contributed by atoms with Crippen LogP contribution in [0.3, 0.4) is 0 Å². The van der Waals surface area contributed by atoms with E-state index in [9.17, 15) is 4.79 Å². The molecule has 2 unspecified atom stereocenters. The molecule has 1 aromatic heterocycles. The van der Waals surface area contributed by atoms with E-state index in [1.807, 2.05) is 18.7 Å². The molecule has 1 aliphatic rings. The third kappa shape index (κ3) is 3.20. The highest BCUT2D eigenvalue weighted by Gasteiger charge is 2.23. The van der Waals surface area contributed by atoms with Crippen LogP contribution in [0.25, 0.3) is 0 Å². The summed E-state index contributed by atoms with van der Waals surface area (Å²) in [5.41, 5.74) is 6.50. The number of nitrogens with two attached hydrogens (primary N) is 1. The maximum atomic E-state index is 12.1. The van der Waals surface area contributed by atoms with E-state index in [0.29, 0.717) is 11.3 Å². The minimum Gasteiger partial charge on any atom is -0.398 e. The molecule has 5 heteroatoms. The number of thiophene rings is 1. The molecular formula is C13H20N2OS2. The smallest absolute Gasteiger partial charge is 0.261 e. The zero-order valence-corrected chi connectivity index (χ0v) is 12.5. The molecule has 0 bridgehead atoms. The van der Waals surface area contributed by atoms with Crippen LogP contribution in [0.5, 0.6) is 0 Å². The van der Waals surface area contributed by atoms with Gasteiger partial charge in [0.25, 0.3) is 5.91 Å². The van der Waals surface area contributed by atoms with Crippen LogP contribution >= 0.6 is 23.1 Å². The number of thioether (sulfide) groups is 1. The van der Waals surface area contributed by atoms with Crippen LogP contribution < -0.4 is 11.1 Å². The Morgan fingerprint density at radius 3 is 2.94 bits per heavy atom. The Labute approximate surface area is 117 Å². The molecule has 1 fully saturated rings. The van der Waals surface area contributed by atoms with E-state index in [0.717, 1.165) is 28.3 Å². The maximum absolute atomic E-state index is 12.1. The molecule has 1 saturated carbocycles. The predicted molar refractivity (Wildman–Crippen MR) is 80.5 cm³/mol. The molecule has 0 spiro atoms. The number of anilines is 1. The molecule has 1 aromatic rings. The molecule has 0 radical (unpaired) electrons. The topological polar surface area (TPSA) is 55.1 Å². The Hall–Kier alpha value is -0.680. The van der Waals surface area contributed by atoms with Gasteiger partial charge in [0.2, 0.25) is 0 Å². The highest BCUT2D eigenvalue weighted by atomic mass is 32.2. The summed E-state index contributed by atoms with van der Waals surface area (Å²) in [5, 5.41) is 3.84. The molecule has 100 valence electrons. The van der Waals surface area contributed by atoms with Gasteiger partial charge < -0.3 is 11.1 Å². The third-order valence-corrected chi connectivity index (χ3v) is 5.63. The SMILES string of the molecule is CSC1CCCC(NC(=O)c2cc(N)c(C)s2)C1. The summed E-state index contributed by atoms with van der Waals surface area (Å²) in [7, 11) is 0. The maximum Gasteiger partial charge on any atom is 0.261 e. The van der Waals surface area contributed by atoms with Crippen molar-refractivity contribution < 1.29 is 4.79 Å². The van der Waals surface area contributed by atoms with E-state index in [1.54, 1.807) is 6.07 Å². The van der Waals surface area contributed by atoms with Crippen LogP contribution in [0.15, 0.2) is 6.07 Å². The van der Waals surface area contributed by atoms with Crippen molar-refractivity contribution in [2.45, 2.75) is 43.9 Å². The molecule has 18 heavy (non-hydrogen) atoms. The number of hydrogen-bond acceptors (Lipinski definition) is 4. The predicted octanol–water partition coefficient (Wildman–Crippen LogP) is 3.04. The first kappa shape index (κ1) is 13.7. The summed E-state index contributed by atoms with van der Waals surface area (Å²) in [4.78, 5) is 13.9. The fraction of sp³-hybridized carbons (Fsp3) is 0.615. The van der Waals surface area contributed by atoms with E-state index < -0.39 is 0 Å². The van der Waals surface area contributed by atoms with Gasteiger partial charge in [-0.2, -0.15) is 11.8 Å². The van der Waals surface area contributed by atoms with Gasteiger partial charge in [0.05, 0.1) is 4.88 Å². The highest BCUT2D eigenvalue weighted by molar-refractivity contribution is 7.99. The summed E-state index contributed by atoms with van der Waals surface area (Å²) in [5.74, 6) is 0.0338. The van der Waals surface area contributed by atoms with Crippen molar-refractivity contribution in [2.75, 3.05) is 12.0 Å². The lowest BCUT2D eigenvalue weighted by Gasteiger charge is -2.28. The Morgan fingerprint density at radius 1 is 1.56 bits per heavy atom. The van der Waals surface area contributed by atoms with Gasteiger partial charge in [-0.3, -0.25) is 4.79 Å². The van der Waals surface area contributed by atoms with Crippen LogP contribution in [0.1, 0.15) is 40.2 Å². The van der Waals surface area contributed by atoms with Crippen molar-refractivity contribution in [1.29, 1.82) is 0 Å². The number of hydrogen-bond donors (Lipinski definition) is 2. The Kier molecular flexibility index (Phi) is 4.56.